The summed E-state index contributed by atoms with van der Waals surface area (Å²) in [5.41, 5.74) is 3.83. The minimum Gasteiger partial charge on any atom is -0.485 e. The van der Waals surface area contributed by atoms with E-state index in [9.17, 15) is 14.4 Å². The van der Waals surface area contributed by atoms with Crippen molar-refractivity contribution in [3.63, 3.8) is 0 Å². The maximum atomic E-state index is 13.0. The Morgan fingerprint density at radius 1 is 1.06 bits per heavy atom. The van der Waals surface area contributed by atoms with Gasteiger partial charge in [0.25, 0.3) is 5.91 Å². The molecule has 1 fully saturated rings. The molecule has 0 aliphatic carbocycles. The van der Waals surface area contributed by atoms with Crippen LogP contribution >= 0.6 is 0 Å². The fourth-order valence-corrected chi connectivity index (χ4v) is 4.30. The van der Waals surface area contributed by atoms with Gasteiger partial charge in [0.05, 0.1) is 18.9 Å². The van der Waals surface area contributed by atoms with E-state index < -0.39 is 0 Å². The van der Waals surface area contributed by atoms with E-state index in [1.54, 1.807) is 18.2 Å². The average molecular weight is 496 g/mol. The Kier molecular flexibility index (Phi) is 8.22. The number of anilines is 1. The zero-order chi connectivity index (χ0) is 25.7. The Bertz CT molecular complexity index is 1140. The van der Waals surface area contributed by atoms with Crippen LogP contribution in [0.4, 0.5) is 5.69 Å². The van der Waals surface area contributed by atoms with Gasteiger partial charge in [-0.2, -0.15) is 0 Å². The Morgan fingerprint density at radius 2 is 1.81 bits per heavy atom. The highest BCUT2D eigenvalue weighted by atomic mass is 16.5. The summed E-state index contributed by atoms with van der Waals surface area (Å²) in [4.78, 5) is 41.7. The molecule has 192 valence electrons. The van der Waals surface area contributed by atoms with Crippen molar-refractivity contribution >= 4 is 23.3 Å². The molecule has 0 spiro atoms. The number of fused-ring (bicyclic) bond motifs is 1. The number of carbonyl (C=O) groups excluding carboxylic acids is 3. The summed E-state index contributed by atoms with van der Waals surface area (Å²) in [5.74, 6) is 0.326. The van der Waals surface area contributed by atoms with Gasteiger partial charge >= 0.3 is 0 Å². The number of nitrogens with one attached hydrogen (secondary N) is 1. The maximum absolute atomic E-state index is 13.0. The highest BCUT2D eigenvalue weighted by molar-refractivity contribution is 6.04. The van der Waals surface area contributed by atoms with E-state index in [0.717, 1.165) is 36.3 Å². The lowest BCUT2D eigenvalue weighted by Gasteiger charge is -2.29. The zero-order valence-corrected chi connectivity index (χ0v) is 21.1. The zero-order valence-electron chi connectivity index (χ0n) is 21.1. The lowest BCUT2D eigenvalue weighted by molar-refractivity contribution is -0.125. The standard InChI is InChI=1S/C27H33N3O6/c1-18-4-5-19(2)27(20(18)3)36-16-23(31)21-6-7-24-22(14-21)30(26(33)17-35-24)15-25(32)28-8-9-29-10-12-34-13-11-29/h4-7,14H,8-13,15-17H2,1-3H3,(H,28,32). The third-order valence-corrected chi connectivity index (χ3v) is 6.60. The fraction of sp³-hybridized carbons (Fsp3) is 0.444. The number of aryl methyl sites for hydroxylation is 2. The van der Waals surface area contributed by atoms with E-state index in [0.29, 0.717) is 42.5 Å². The fourth-order valence-electron chi connectivity index (χ4n) is 4.30. The molecular formula is C27H33N3O6. The van der Waals surface area contributed by atoms with Crippen LogP contribution in [0.15, 0.2) is 30.3 Å². The topological polar surface area (TPSA) is 97.4 Å². The van der Waals surface area contributed by atoms with Crippen LogP contribution in [0.5, 0.6) is 11.5 Å². The normalized spacial score (nSPS) is 15.8. The number of ketones is 1. The van der Waals surface area contributed by atoms with Crippen molar-refractivity contribution in [1.82, 2.24) is 10.2 Å². The van der Waals surface area contributed by atoms with Crippen molar-refractivity contribution in [2.45, 2.75) is 20.8 Å². The minimum atomic E-state index is -0.335. The first kappa shape index (κ1) is 25.7. The molecule has 2 heterocycles. The van der Waals surface area contributed by atoms with Crippen LogP contribution in [0.3, 0.4) is 0 Å². The summed E-state index contributed by atoms with van der Waals surface area (Å²) in [5, 5.41) is 2.88. The van der Waals surface area contributed by atoms with Gasteiger partial charge in [0, 0.05) is 31.7 Å². The molecule has 0 aromatic heterocycles. The molecule has 0 atom stereocenters. The third kappa shape index (κ3) is 6.03. The summed E-state index contributed by atoms with van der Waals surface area (Å²) >= 11 is 0. The first-order chi connectivity index (χ1) is 17.3. The number of ether oxygens (including phenoxy) is 3. The van der Waals surface area contributed by atoms with Crippen molar-refractivity contribution in [2.24, 2.45) is 0 Å². The first-order valence-corrected chi connectivity index (χ1v) is 12.2. The second-order valence-corrected chi connectivity index (χ2v) is 9.12. The molecule has 2 aromatic carbocycles. The van der Waals surface area contributed by atoms with Gasteiger partial charge in [-0.3, -0.25) is 24.2 Å². The smallest absolute Gasteiger partial charge is 0.265 e. The molecule has 1 saturated heterocycles. The van der Waals surface area contributed by atoms with Gasteiger partial charge in [0.15, 0.2) is 19.0 Å². The van der Waals surface area contributed by atoms with Crippen LogP contribution < -0.4 is 19.7 Å². The van der Waals surface area contributed by atoms with E-state index in [2.05, 4.69) is 10.2 Å². The Balaban J connectivity index is 1.40. The SMILES string of the molecule is Cc1ccc(C)c(OCC(=O)c2ccc3c(c2)N(CC(=O)NCCN2CCOCC2)C(=O)CO3)c1C. The molecule has 1 N–H and O–H groups in total. The number of Topliss-reactive ketones (excluding diaryl/α,β-unsaturated/α-hetero) is 1. The number of hydrogen-bond donors (Lipinski definition) is 1. The van der Waals surface area contributed by atoms with Gasteiger partial charge in [0.2, 0.25) is 5.91 Å². The molecular weight excluding hydrogens is 462 g/mol. The Morgan fingerprint density at radius 3 is 2.58 bits per heavy atom. The van der Waals surface area contributed by atoms with E-state index >= 15 is 0 Å². The summed E-state index contributed by atoms with van der Waals surface area (Å²) in [6.45, 7) is 9.75. The van der Waals surface area contributed by atoms with Gasteiger partial charge < -0.3 is 19.5 Å². The van der Waals surface area contributed by atoms with Crippen molar-refractivity contribution in [3.8, 4) is 11.5 Å². The quantitative estimate of drug-likeness (QED) is 0.532. The summed E-state index contributed by atoms with van der Waals surface area (Å²) < 4.78 is 16.7. The van der Waals surface area contributed by atoms with Crippen molar-refractivity contribution in [1.29, 1.82) is 0 Å². The molecule has 9 heteroatoms. The number of amides is 2. The molecule has 0 unspecified atom stereocenters. The Hall–Kier alpha value is -3.43. The van der Waals surface area contributed by atoms with Crippen LogP contribution in [-0.4, -0.2) is 81.6 Å². The van der Waals surface area contributed by atoms with Gasteiger partial charge in [-0.15, -0.1) is 0 Å². The van der Waals surface area contributed by atoms with Crippen molar-refractivity contribution in [3.05, 3.63) is 52.6 Å². The Labute approximate surface area is 211 Å². The predicted molar refractivity (Wildman–Crippen MR) is 135 cm³/mol. The first-order valence-electron chi connectivity index (χ1n) is 12.2. The molecule has 2 amide bonds. The minimum absolute atomic E-state index is 0.138. The number of hydrogen-bond acceptors (Lipinski definition) is 7. The highest BCUT2D eigenvalue weighted by Gasteiger charge is 2.28. The second-order valence-electron chi connectivity index (χ2n) is 9.12. The lowest BCUT2D eigenvalue weighted by Crippen LogP contribution is -2.47. The van der Waals surface area contributed by atoms with Gasteiger partial charge in [-0.05, 0) is 55.7 Å². The van der Waals surface area contributed by atoms with Gasteiger partial charge in [-0.25, -0.2) is 0 Å². The molecule has 0 bridgehead atoms. The number of morpholine rings is 1. The summed E-state index contributed by atoms with van der Waals surface area (Å²) in [6.07, 6.45) is 0. The molecule has 9 nitrogen and oxygen atoms in total. The van der Waals surface area contributed by atoms with E-state index in [4.69, 9.17) is 14.2 Å². The summed E-state index contributed by atoms with van der Waals surface area (Å²) in [6, 6.07) is 8.88. The van der Waals surface area contributed by atoms with Crippen LogP contribution in [0.2, 0.25) is 0 Å². The average Bonchev–Trinajstić information content (AvgIpc) is 2.88. The van der Waals surface area contributed by atoms with Crippen LogP contribution in [0.1, 0.15) is 27.0 Å². The highest BCUT2D eigenvalue weighted by Crippen LogP contribution is 2.33. The molecule has 2 aliphatic heterocycles. The van der Waals surface area contributed by atoms with Gasteiger partial charge in [-0.1, -0.05) is 12.1 Å². The molecule has 0 radical (unpaired) electrons. The number of rotatable bonds is 9. The number of carbonyl (C=O) groups is 3. The molecule has 4 rings (SSSR count). The van der Waals surface area contributed by atoms with Crippen molar-refractivity contribution in [2.75, 3.05) is 64.1 Å². The predicted octanol–water partition coefficient (Wildman–Crippen LogP) is 2.05. The molecule has 2 aromatic rings. The number of benzene rings is 2. The third-order valence-electron chi connectivity index (χ3n) is 6.60. The van der Waals surface area contributed by atoms with Crippen LogP contribution in [-0.2, 0) is 14.3 Å². The van der Waals surface area contributed by atoms with E-state index in [-0.39, 0.29) is 37.4 Å². The second kappa shape index (κ2) is 11.5. The van der Waals surface area contributed by atoms with E-state index in [1.807, 2.05) is 32.9 Å². The largest absolute Gasteiger partial charge is 0.485 e. The van der Waals surface area contributed by atoms with E-state index in [1.165, 1.54) is 4.90 Å². The van der Waals surface area contributed by atoms with Gasteiger partial charge in [0.1, 0.15) is 18.0 Å². The van der Waals surface area contributed by atoms with Crippen LogP contribution in [0.25, 0.3) is 0 Å². The summed E-state index contributed by atoms with van der Waals surface area (Å²) in [7, 11) is 0. The van der Waals surface area contributed by atoms with Crippen molar-refractivity contribution < 1.29 is 28.6 Å². The number of nitrogens with zero attached hydrogens (tertiary/aromatic N) is 2. The molecule has 2 aliphatic rings. The monoisotopic (exact) mass is 495 g/mol. The molecule has 36 heavy (non-hydrogen) atoms. The van der Waals surface area contributed by atoms with Crippen LogP contribution in [0, 0.1) is 20.8 Å². The maximum Gasteiger partial charge on any atom is 0.265 e. The lowest BCUT2D eigenvalue weighted by atomic mass is 10.1. The molecule has 0 saturated carbocycles.